The van der Waals surface area contributed by atoms with E-state index in [0.29, 0.717) is 11.3 Å². The van der Waals surface area contributed by atoms with Gasteiger partial charge in [0.1, 0.15) is 5.75 Å². The summed E-state index contributed by atoms with van der Waals surface area (Å²) in [6, 6.07) is 1.40. The van der Waals surface area contributed by atoms with E-state index in [4.69, 9.17) is 5.73 Å². The Hall–Kier alpha value is -4.09. The Kier molecular flexibility index (Phi) is 6.65. The molecule has 0 spiro atoms. The van der Waals surface area contributed by atoms with Crippen LogP contribution in [0.2, 0.25) is 0 Å². The van der Waals surface area contributed by atoms with Crippen molar-refractivity contribution < 1.29 is 47.4 Å². The number of aliphatic hydroxyl groups is 1. The summed E-state index contributed by atoms with van der Waals surface area (Å²) in [5, 5.41) is 22.3. The predicted molar refractivity (Wildman–Crippen MR) is 133 cm³/mol. The Bertz CT molecular complexity index is 1550. The van der Waals surface area contributed by atoms with E-state index in [1.54, 1.807) is 23.7 Å². The molecule has 39 heavy (non-hydrogen) atoms. The van der Waals surface area contributed by atoms with Crippen LogP contribution in [0.5, 0.6) is 5.75 Å². The fourth-order valence-corrected chi connectivity index (χ4v) is 6.21. The third-order valence-electron chi connectivity index (χ3n) is 7.45. The summed E-state index contributed by atoms with van der Waals surface area (Å²) in [5.74, 6) is -8.46. The molecule has 0 aromatic heterocycles. The van der Waals surface area contributed by atoms with Gasteiger partial charge in [-0.2, -0.15) is 0 Å². The quantitative estimate of drug-likeness (QED) is 0.230. The van der Waals surface area contributed by atoms with Crippen LogP contribution >= 0.6 is 0 Å². The molecule has 5 atom stereocenters. The summed E-state index contributed by atoms with van der Waals surface area (Å²) in [4.78, 5) is 78.1. The number of fused-ring (bicyclic) bond motifs is 3. The molecular weight excluding hydrogens is 534 g/mol. The molecule has 2 fully saturated rings. The van der Waals surface area contributed by atoms with Crippen LogP contribution in [-0.4, -0.2) is 79.5 Å². The summed E-state index contributed by atoms with van der Waals surface area (Å²) >= 11 is 0. The molecule has 5 N–H and O–H groups in total. The van der Waals surface area contributed by atoms with Gasteiger partial charge in [0.2, 0.25) is 15.9 Å². The molecule has 0 heterocycles. The van der Waals surface area contributed by atoms with Crippen LogP contribution in [0.1, 0.15) is 34.3 Å². The van der Waals surface area contributed by atoms with Gasteiger partial charge in [-0.05, 0) is 30.4 Å². The standard InChI is InChI=1S/C25H25N3O10S/c1-28(2)14-8-10(4-5-16(30)27-39(3,37)38)20(31)18-13(14)7-11-6-12-9-15(29)19(24(26)35)23(34)25(12,36)22(33)17(11)21(18)32/h8,11-12,17,19,31,36H,6-7,9H2,1-3H3,(H2,26,35)(H,27,30)/t11-,12+,17?,19?,25+/m1/s1. The number of Topliss-reactive ketones (excluding diaryl/α,β-unsaturated/α-hetero) is 4. The second-order valence-electron chi connectivity index (χ2n) is 10.2. The van der Waals surface area contributed by atoms with Crippen molar-refractivity contribution in [1.82, 2.24) is 4.72 Å². The van der Waals surface area contributed by atoms with Gasteiger partial charge in [0.15, 0.2) is 34.7 Å². The number of aromatic hydroxyl groups is 1. The average molecular weight is 560 g/mol. The molecule has 2 unspecified atom stereocenters. The Balaban J connectivity index is 1.82. The van der Waals surface area contributed by atoms with Crippen LogP contribution in [0.25, 0.3) is 0 Å². The number of phenols is 1. The number of amides is 2. The fraction of sp³-hybridized carbons (Fsp3) is 0.440. The average Bonchev–Trinajstić information content (AvgIpc) is 2.79. The van der Waals surface area contributed by atoms with Crippen LogP contribution in [0.4, 0.5) is 5.69 Å². The summed E-state index contributed by atoms with van der Waals surface area (Å²) in [6.07, 6.45) is 0.319. The number of benzene rings is 1. The summed E-state index contributed by atoms with van der Waals surface area (Å²) in [5.41, 5.74) is 2.68. The van der Waals surface area contributed by atoms with E-state index in [-0.39, 0.29) is 24.0 Å². The molecule has 3 aliphatic carbocycles. The van der Waals surface area contributed by atoms with Crippen molar-refractivity contribution >= 4 is 50.7 Å². The van der Waals surface area contributed by atoms with E-state index >= 15 is 0 Å². The minimum absolute atomic E-state index is 0.0537. The number of sulfonamides is 1. The molecule has 1 aromatic rings. The van der Waals surface area contributed by atoms with E-state index in [1.807, 2.05) is 5.92 Å². The molecule has 2 amide bonds. The lowest BCUT2D eigenvalue weighted by atomic mass is 9.53. The topological polar surface area (TPSA) is 218 Å². The SMILES string of the molecule is CN(C)c1cc(C#CC(=O)NS(C)(=O)=O)c(O)c2c1C[C@H]1C[C@H]3CC(=O)C(C(N)=O)C(=O)[C@@]3(O)C(=O)C1C2=O. The number of hydrogen-bond donors (Lipinski definition) is 4. The van der Waals surface area contributed by atoms with Crippen molar-refractivity contribution in [3.63, 3.8) is 0 Å². The number of nitrogens with two attached hydrogens (primary N) is 1. The number of anilines is 1. The smallest absolute Gasteiger partial charge is 0.309 e. The van der Waals surface area contributed by atoms with Crippen LogP contribution in [0.15, 0.2) is 6.07 Å². The molecule has 1 aromatic carbocycles. The number of carbonyl (C=O) groups is 6. The van der Waals surface area contributed by atoms with Gasteiger partial charge in [-0.3, -0.25) is 28.8 Å². The first-order valence-electron chi connectivity index (χ1n) is 11.8. The lowest BCUT2D eigenvalue weighted by Crippen LogP contribution is -2.68. The Labute approximate surface area is 222 Å². The normalized spacial score (nSPS) is 27.9. The molecule has 0 radical (unpaired) electrons. The first kappa shape index (κ1) is 27.9. The third-order valence-corrected chi connectivity index (χ3v) is 8.01. The van der Waals surface area contributed by atoms with Gasteiger partial charge in [0.05, 0.1) is 23.3 Å². The number of primary amides is 1. The monoisotopic (exact) mass is 559 g/mol. The molecule has 0 bridgehead atoms. The molecular formula is C25H25N3O10S. The first-order valence-corrected chi connectivity index (χ1v) is 13.6. The number of nitrogens with zero attached hydrogens (tertiary/aromatic N) is 1. The highest BCUT2D eigenvalue weighted by Crippen LogP contribution is 2.51. The highest BCUT2D eigenvalue weighted by molar-refractivity contribution is 7.89. The van der Waals surface area contributed by atoms with Crippen LogP contribution in [0.3, 0.4) is 0 Å². The van der Waals surface area contributed by atoms with E-state index in [2.05, 4.69) is 5.92 Å². The molecule has 0 saturated heterocycles. The second-order valence-corrected chi connectivity index (χ2v) is 12.0. The van der Waals surface area contributed by atoms with Gasteiger partial charge in [-0.1, -0.05) is 5.92 Å². The lowest BCUT2D eigenvalue weighted by Gasteiger charge is -2.48. The highest BCUT2D eigenvalue weighted by Gasteiger charge is 2.66. The van der Waals surface area contributed by atoms with Gasteiger partial charge >= 0.3 is 5.91 Å². The number of hydrogen-bond acceptors (Lipinski definition) is 11. The van der Waals surface area contributed by atoms with Crippen molar-refractivity contribution in [3.8, 4) is 17.6 Å². The van der Waals surface area contributed by atoms with Crippen molar-refractivity contribution in [2.75, 3.05) is 25.3 Å². The summed E-state index contributed by atoms with van der Waals surface area (Å²) < 4.78 is 24.2. The number of nitrogens with one attached hydrogen (secondary N) is 1. The van der Waals surface area contributed by atoms with Gasteiger partial charge in [0.25, 0.3) is 0 Å². The van der Waals surface area contributed by atoms with Crippen molar-refractivity contribution in [3.05, 3.63) is 22.8 Å². The number of phenolic OH excluding ortho intramolecular Hbond substituents is 1. The molecule has 13 nitrogen and oxygen atoms in total. The largest absolute Gasteiger partial charge is 0.506 e. The van der Waals surface area contributed by atoms with E-state index < -0.39 is 86.4 Å². The van der Waals surface area contributed by atoms with Crippen molar-refractivity contribution in [2.45, 2.75) is 24.9 Å². The summed E-state index contributed by atoms with van der Waals surface area (Å²) in [7, 11) is -0.615. The minimum Gasteiger partial charge on any atom is -0.506 e. The van der Waals surface area contributed by atoms with Crippen LogP contribution in [0, 0.1) is 35.5 Å². The van der Waals surface area contributed by atoms with Crippen LogP contribution in [-0.2, 0) is 40.4 Å². The summed E-state index contributed by atoms with van der Waals surface area (Å²) in [6.45, 7) is 0. The van der Waals surface area contributed by atoms with Gasteiger partial charge in [0, 0.05) is 38.0 Å². The van der Waals surface area contributed by atoms with Crippen molar-refractivity contribution in [1.29, 1.82) is 0 Å². The second kappa shape index (κ2) is 9.28. The molecule has 206 valence electrons. The van der Waals surface area contributed by atoms with Gasteiger partial charge < -0.3 is 20.8 Å². The van der Waals surface area contributed by atoms with E-state index in [0.717, 1.165) is 6.26 Å². The Morgan fingerprint density at radius 2 is 1.79 bits per heavy atom. The fourth-order valence-electron chi connectivity index (χ4n) is 5.83. The van der Waals surface area contributed by atoms with Crippen LogP contribution < -0.4 is 15.4 Å². The number of ketones is 4. The maximum atomic E-state index is 13.8. The molecule has 2 saturated carbocycles. The molecule has 0 aliphatic heterocycles. The highest BCUT2D eigenvalue weighted by atomic mass is 32.2. The number of rotatable bonds is 3. The zero-order chi connectivity index (χ0) is 29.2. The molecule has 4 rings (SSSR count). The zero-order valence-corrected chi connectivity index (χ0v) is 21.9. The third kappa shape index (κ3) is 4.47. The van der Waals surface area contributed by atoms with Crippen molar-refractivity contribution in [2.24, 2.45) is 29.4 Å². The lowest BCUT2D eigenvalue weighted by molar-refractivity contribution is -0.175. The van der Waals surface area contributed by atoms with Gasteiger partial charge in [-0.15, -0.1) is 0 Å². The molecule has 14 heteroatoms. The van der Waals surface area contributed by atoms with E-state index in [1.165, 1.54) is 6.07 Å². The maximum absolute atomic E-state index is 13.8. The van der Waals surface area contributed by atoms with Gasteiger partial charge in [-0.25, -0.2) is 13.1 Å². The predicted octanol–water partition coefficient (Wildman–Crippen LogP) is -2.18. The molecule has 3 aliphatic rings. The Morgan fingerprint density at radius 1 is 1.15 bits per heavy atom. The number of carbonyl (C=O) groups excluding carboxylic acids is 6. The Morgan fingerprint density at radius 3 is 2.36 bits per heavy atom. The zero-order valence-electron chi connectivity index (χ0n) is 21.1. The maximum Gasteiger partial charge on any atom is 0.309 e. The minimum atomic E-state index is -3.90. The first-order chi connectivity index (χ1) is 18.0. The van der Waals surface area contributed by atoms with E-state index in [9.17, 15) is 47.4 Å².